The maximum Gasteiger partial charge on any atom is 0.321 e. The van der Waals surface area contributed by atoms with Crippen molar-refractivity contribution in [3.8, 4) is 10.7 Å². The standard InChI is InChI=1S/C15H19N5O2S2/c1-3-20-12(11-5-4-8-23-11)18-19-15(20)24-9(2)13(21)17-14(22)16-10-6-7-10/h4-5,8-10H,3,6-7H2,1-2H3,(H2,16,17,21,22). The van der Waals surface area contributed by atoms with Crippen LogP contribution in [0.5, 0.6) is 0 Å². The zero-order valence-corrected chi connectivity index (χ0v) is 15.1. The minimum atomic E-state index is -0.444. The molecule has 9 heteroatoms. The number of imide groups is 1. The Morgan fingerprint density at radius 2 is 2.25 bits per heavy atom. The summed E-state index contributed by atoms with van der Waals surface area (Å²) in [5, 5.41) is 15.8. The molecule has 2 heterocycles. The Labute approximate surface area is 148 Å². The molecule has 1 unspecified atom stereocenters. The van der Waals surface area contributed by atoms with Crippen LogP contribution in [0.15, 0.2) is 22.7 Å². The van der Waals surface area contributed by atoms with Crippen molar-refractivity contribution in [2.45, 2.75) is 49.7 Å². The lowest BCUT2D eigenvalue weighted by Gasteiger charge is -2.12. The number of rotatable bonds is 6. The largest absolute Gasteiger partial charge is 0.335 e. The SMILES string of the molecule is CCn1c(SC(C)C(=O)NC(=O)NC2CC2)nnc1-c1cccs1. The number of amides is 3. The number of thiophene rings is 1. The van der Waals surface area contributed by atoms with Crippen LogP contribution in [-0.2, 0) is 11.3 Å². The molecule has 0 aliphatic heterocycles. The van der Waals surface area contributed by atoms with E-state index in [9.17, 15) is 9.59 Å². The van der Waals surface area contributed by atoms with Gasteiger partial charge in [-0.15, -0.1) is 21.5 Å². The zero-order chi connectivity index (χ0) is 17.1. The second-order valence-corrected chi connectivity index (χ2v) is 7.78. The quantitative estimate of drug-likeness (QED) is 0.768. The molecular formula is C15H19N5O2S2. The summed E-state index contributed by atoms with van der Waals surface area (Å²) in [6.45, 7) is 4.47. The first-order valence-electron chi connectivity index (χ1n) is 7.83. The van der Waals surface area contributed by atoms with E-state index in [1.54, 1.807) is 18.3 Å². The molecule has 0 spiro atoms. The first-order chi connectivity index (χ1) is 11.6. The van der Waals surface area contributed by atoms with Crippen LogP contribution in [0.4, 0.5) is 4.79 Å². The smallest absolute Gasteiger partial charge is 0.321 e. The number of nitrogens with zero attached hydrogens (tertiary/aromatic N) is 3. The van der Waals surface area contributed by atoms with Crippen LogP contribution in [0.25, 0.3) is 10.7 Å². The van der Waals surface area contributed by atoms with Gasteiger partial charge in [0.25, 0.3) is 0 Å². The van der Waals surface area contributed by atoms with Crippen LogP contribution in [0, 0.1) is 0 Å². The van der Waals surface area contributed by atoms with Crippen molar-refractivity contribution in [2.24, 2.45) is 0 Å². The van der Waals surface area contributed by atoms with Gasteiger partial charge in [0.05, 0.1) is 10.1 Å². The molecule has 2 aromatic rings. The summed E-state index contributed by atoms with van der Waals surface area (Å²) in [5.41, 5.74) is 0. The number of carbonyl (C=O) groups excluding carboxylic acids is 2. The van der Waals surface area contributed by atoms with Gasteiger partial charge in [0.2, 0.25) is 5.91 Å². The molecule has 7 nitrogen and oxygen atoms in total. The normalized spacial score (nSPS) is 15.1. The molecule has 0 bridgehead atoms. The summed E-state index contributed by atoms with van der Waals surface area (Å²) in [6, 6.07) is 3.76. The van der Waals surface area contributed by atoms with E-state index in [-0.39, 0.29) is 11.9 Å². The van der Waals surface area contributed by atoms with Crippen molar-refractivity contribution in [3.63, 3.8) is 0 Å². The third-order valence-corrected chi connectivity index (χ3v) is 5.52. The van der Waals surface area contributed by atoms with Crippen molar-refractivity contribution >= 4 is 35.0 Å². The van der Waals surface area contributed by atoms with Crippen molar-refractivity contribution in [2.75, 3.05) is 0 Å². The van der Waals surface area contributed by atoms with Crippen LogP contribution >= 0.6 is 23.1 Å². The lowest BCUT2D eigenvalue weighted by molar-refractivity contribution is -0.119. The molecule has 0 radical (unpaired) electrons. The van der Waals surface area contributed by atoms with E-state index in [4.69, 9.17) is 0 Å². The highest BCUT2D eigenvalue weighted by atomic mass is 32.2. The summed E-state index contributed by atoms with van der Waals surface area (Å²) in [6.07, 6.45) is 1.97. The molecule has 1 fully saturated rings. The number of urea groups is 1. The summed E-state index contributed by atoms with van der Waals surface area (Å²) >= 11 is 2.90. The Hall–Kier alpha value is -1.87. The Morgan fingerprint density at radius 1 is 1.46 bits per heavy atom. The van der Waals surface area contributed by atoms with Gasteiger partial charge in [-0.05, 0) is 38.1 Å². The average Bonchev–Trinajstić information content (AvgIpc) is 3.05. The Balaban J connectivity index is 1.64. The lowest BCUT2D eigenvalue weighted by atomic mass is 10.4. The molecule has 128 valence electrons. The molecule has 2 aromatic heterocycles. The molecule has 1 atom stereocenters. The minimum absolute atomic E-state index is 0.220. The Bertz CT molecular complexity index is 724. The van der Waals surface area contributed by atoms with Crippen LogP contribution in [0.3, 0.4) is 0 Å². The van der Waals surface area contributed by atoms with E-state index in [2.05, 4.69) is 20.8 Å². The molecule has 2 N–H and O–H groups in total. The monoisotopic (exact) mass is 365 g/mol. The van der Waals surface area contributed by atoms with E-state index < -0.39 is 11.3 Å². The van der Waals surface area contributed by atoms with E-state index in [1.807, 2.05) is 29.0 Å². The first kappa shape index (κ1) is 17.0. The molecule has 24 heavy (non-hydrogen) atoms. The summed E-state index contributed by atoms with van der Waals surface area (Å²) < 4.78 is 1.98. The highest BCUT2D eigenvalue weighted by Gasteiger charge is 2.26. The summed E-state index contributed by atoms with van der Waals surface area (Å²) in [5.74, 6) is 0.468. The van der Waals surface area contributed by atoms with Gasteiger partial charge in [-0.25, -0.2) is 4.79 Å². The summed E-state index contributed by atoms with van der Waals surface area (Å²) in [7, 11) is 0. The number of carbonyl (C=O) groups is 2. The van der Waals surface area contributed by atoms with E-state index in [1.165, 1.54) is 11.8 Å². The first-order valence-corrected chi connectivity index (χ1v) is 9.59. The van der Waals surface area contributed by atoms with Gasteiger partial charge in [-0.1, -0.05) is 17.8 Å². The van der Waals surface area contributed by atoms with Crippen molar-refractivity contribution in [1.29, 1.82) is 0 Å². The Kier molecular flexibility index (Phi) is 5.20. The van der Waals surface area contributed by atoms with Crippen LogP contribution < -0.4 is 10.6 Å². The molecule has 0 aromatic carbocycles. The molecular weight excluding hydrogens is 346 g/mol. The third kappa shape index (κ3) is 3.96. The van der Waals surface area contributed by atoms with Crippen molar-refractivity contribution in [3.05, 3.63) is 17.5 Å². The van der Waals surface area contributed by atoms with Crippen LogP contribution in [0.1, 0.15) is 26.7 Å². The van der Waals surface area contributed by atoms with Gasteiger partial charge in [0, 0.05) is 12.6 Å². The zero-order valence-electron chi connectivity index (χ0n) is 13.5. The fourth-order valence-corrected chi connectivity index (χ4v) is 3.75. The number of nitrogens with one attached hydrogen (secondary N) is 2. The number of hydrogen-bond acceptors (Lipinski definition) is 6. The molecule has 0 saturated heterocycles. The van der Waals surface area contributed by atoms with Gasteiger partial charge in [0.1, 0.15) is 0 Å². The number of hydrogen-bond donors (Lipinski definition) is 2. The van der Waals surface area contributed by atoms with Crippen LogP contribution in [-0.4, -0.2) is 38.0 Å². The molecule has 1 aliphatic rings. The third-order valence-electron chi connectivity index (χ3n) is 3.58. The van der Waals surface area contributed by atoms with Crippen molar-refractivity contribution < 1.29 is 9.59 Å². The lowest BCUT2D eigenvalue weighted by Crippen LogP contribution is -2.43. The average molecular weight is 365 g/mol. The number of aromatic nitrogens is 3. The van der Waals surface area contributed by atoms with E-state index in [0.29, 0.717) is 11.7 Å². The Morgan fingerprint density at radius 3 is 2.88 bits per heavy atom. The van der Waals surface area contributed by atoms with E-state index in [0.717, 1.165) is 23.5 Å². The highest BCUT2D eigenvalue weighted by molar-refractivity contribution is 8.00. The van der Waals surface area contributed by atoms with E-state index >= 15 is 0 Å². The molecule has 3 rings (SSSR count). The predicted octanol–water partition coefficient (Wildman–Crippen LogP) is 2.50. The second kappa shape index (κ2) is 7.35. The van der Waals surface area contributed by atoms with Gasteiger partial charge in [-0.3, -0.25) is 10.1 Å². The number of thioether (sulfide) groups is 1. The molecule has 1 saturated carbocycles. The van der Waals surface area contributed by atoms with Gasteiger partial charge in [-0.2, -0.15) is 0 Å². The highest BCUT2D eigenvalue weighted by Crippen LogP contribution is 2.29. The van der Waals surface area contributed by atoms with Crippen molar-refractivity contribution in [1.82, 2.24) is 25.4 Å². The van der Waals surface area contributed by atoms with Gasteiger partial charge in [0.15, 0.2) is 11.0 Å². The fraction of sp³-hybridized carbons (Fsp3) is 0.467. The molecule has 3 amide bonds. The topological polar surface area (TPSA) is 88.9 Å². The molecule has 1 aliphatic carbocycles. The summed E-state index contributed by atoms with van der Waals surface area (Å²) in [4.78, 5) is 24.8. The predicted molar refractivity (Wildman–Crippen MR) is 94.0 cm³/mol. The maximum atomic E-state index is 12.1. The van der Waals surface area contributed by atoms with Gasteiger partial charge >= 0.3 is 6.03 Å². The maximum absolute atomic E-state index is 12.1. The second-order valence-electron chi connectivity index (χ2n) is 5.52. The van der Waals surface area contributed by atoms with Crippen LogP contribution in [0.2, 0.25) is 0 Å². The van der Waals surface area contributed by atoms with Gasteiger partial charge < -0.3 is 9.88 Å². The fourth-order valence-electron chi connectivity index (χ4n) is 2.12. The minimum Gasteiger partial charge on any atom is -0.335 e.